The van der Waals surface area contributed by atoms with E-state index in [-0.39, 0.29) is 11.8 Å². The predicted octanol–water partition coefficient (Wildman–Crippen LogP) is 4.59. The van der Waals surface area contributed by atoms with Gasteiger partial charge in [-0.15, -0.1) is 0 Å². The van der Waals surface area contributed by atoms with E-state index in [0.717, 1.165) is 58.7 Å². The monoisotopic (exact) mass is 448 g/mol. The van der Waals surface area contributed by atoms with Crippen LogP contribution in [0.4, 0.5) is 5.69 Å². The summed E-state index contributed by atoms with van der Waals surface area (Å²) in [6.45, 7) is 2.37. The van der Waals surface area contributed by atoms with Crippen molar-refractivity contribution in [2.75, 3.05) is 18.5 Å². The molecular formula is C28H24N4O2. The van der Waals surface area contributed by atoms with Crippen LogP contribution >= 0.6 is 0 Å². The molecule has 1 amide bonds. The molecule has 2 unspecified atom stereocenters. The number of para-hydroxylation sites is 1. The molecule has 2 atom stereocenters. The summed E-state index contributed by atoms with van der Waals surface area (Å²) in [5, 5.41) is 15.2. The van der Waals surface area contributed by atoms with Crippen molar-refractivity contribution >= 4 is 34.6 Å². The van der Waals surface area contributed by atoms with Gasteiger partial charge in [-0.1, -0.05) is 42.5 Å². The second kappa shape index (κ2) is 7.30. The summed E-state index contributed by atoms with van der Waals surface area (Å²) in [7, 11) is 0. The highest BCUT2D eigenvalue weighted by Gasteiger charge is 2.65. The maximum atomic E-state index is 12.8. The van der Waals surface area contributed by atoms with Gasteiger partial charge in [0, 0.05) is 35.6 Å². The van der Waals surface area contributed by atoms with E-state index in [0.29, 0.717) is 6.61 Å². The summed E-state index contributed by atoms with van der Waals surface area (Å²) in [6, 6.07) is 20.7. The van der Waals surface area contributed by atoms with Crippen LogP contribution in [0.15, 0.2) is 60.7 Å². The Balaban J connectivity index is 1.16. The number of H-pyrrole nitrogens is 1. The van der Waals surface area contributed by atoms with Crippen molar-refractivity contribution in [1.29, 1.82) is 0 Å². The third-order valence-corrected chi connectivity index (χ3v) is 7.41. The smallest absolute Gasteiger partial charge is 0.235 e. The fourth-order valence-corrected chi connectivity index (χ4v) is 5.57. The number of nitrogens with one attached hydrogen (secondary N) is 3. The lowest BCUT2D eigenvalue weighted by molar-refractivity contribution is -0.118. The largest absolute Gasteiger partial charge is 0.492 e. The van der Waals surface area contributed by atoms with Crippen molar-refractivity contribution in [3.8, 4) is 5.75 Å². The molecule has 1 aromatic heterocycles. The topological polar surface area (TPSA) is 79.0 Å². The normalized spacial score (nSPS) is 22.9. The lowest BCUT2D eigenvalue weighted by atomic mass is 9.92. The molecule has 2 aliphatic heterocycles. The Hall–Kier alpha value is -3.90. The van der Waals surface area contributed by atoms with Crippen LogP contribution in [0, 0.1) is 0 Å². The number of benzene rings is 3. The number of rotatable bonds is 3. The molecule has 1 aliphatic carbocycles. The molecule has 1 fully saturated rings. The van der Waals surface area contributed by atoms with Crippen LogP contribution in [0.3, 0.4) is 0 Å². The van der Waals surface area contributed by atoms with E-state index in [4.69, 9.17) is 4.74 Å². The number of ether oxygens (including phenoxy) is 1. The Kier molecular flexibility index (Phi) is 4.20. The van der Waals surface area contributed by atoms with Gasteiger partial charge in [0.25, 0.3) is 0 Å². The summed E-state index contributed by atoms with van der Waals surface area (Å²) in [4.78, 5) is 12.8. The number of carbonyl (C=O) groups is 1. The molecule has 0 bridgehead atoms. The minimum atomic E-state index is -0.420. The highest BCUT2D eigenvalue weighted by Crippen LogP contribution is 2.64. The van der Waals surface area contributed by atoms with Crippen LogP contribution in [-0.4, -0.2) is 29.3 Å². The zero-order valence-corrected chi connectivity index (χ0v) is 18.6. The molecule has 3 aromatic carbocycles. The van der Waals surface area contributed by atoms with Gasteiger partial charge in [0.2, 0.25) is 5.91 Å². The van der Waals surface area contributed by atoms with E-state index >= 15 is 0 Å². The number of carbonyl (C=O) groups excluding carboxylic acids is 1. The minimum absolute atomic E-state index is 0.119. The highest BCUT2D eigenvalue weighted by molar-refractivity contribution is 6.09. The third kappa shape index (κ3) is 2.92. The molecule has 3 aliphatic rings. The average Bonchev–Trinajstić information content (AvgIpc) is 3.48. The quantitative estimate of drug-likeness (QED) is 0.428. The number of anilines is 1. The maximum Gasteiger partial charge on any atom is 0.235 e. The van der Waals surface area contributed by atoms with E-state index < -0.39 is 5.41 Å². The number of hydrogen-bond acceptors (Lipinski definition) is 4. The van der Waals surface area contributed by atoms with Crippen LogP contribution in [0.1, 0.15) is 40.3 Å². The Bertz CT molecular complexity index is 1490. The molecule has 3 N–H and O–H groups in total. The molecule has 6 heteroatoms. The van der Waals surface area contributed by atoms with Crippen molar-refractivity contribution in [2.45, 2.75) is 24.3 Å². The predicted molar refractivity (Wildman–Crippen MR) is 133 cm³/mol. The van der Waals surface area contributed by atoms with Gasteiger partial charge in [0.05, 0.1) is 16.6 Å². The molecule has 1 saturated carbocycles. The standard InChI is InChI=1S/C28H24N4O2/c33-27-28(21-3-1-2-4-24(21)30-27)15-22(28)18-7-8-20-23(31-32-25(20)14-18)9-5-17-6-10-26-19(13-17)16-29-11-12-34-26/h1-10,13-14,22,29H,11-12,15-16H2,(H,30,33)(H,31,32)/b9-5+. The summed E-state index contributed by atoms with van der Waals surface area (Å²) in [6.07, 6.45) is 4.98. The van der Waals surface area contributed by atoms with Gasteiger partial charge in [-0.05, 0) is 53.5 Å². The van der Waals surface area contributed by atoms with Crippen molar-refractivity contribution in [2.24, 2.45) is 0 Å². The van der Waals surface area contributed by atoms with Crippen LogP contribution in [0.5, 0.6) is 5.75 Å². The number of aromatic nitrogens is 2. The summed E-state index contributed by atoms with van der Waals surface area (Å²) in [5.74, 6) is 1.27. The fraction of sp³-hybridized carbons (Fsp3) is 0.214. The summed E-state index contributed by atoms with van der Waals surface area (Å²) in [5.41, 5.74) is 7.01. The number of aromatic amines is 1. The fourth-order valence-electron chi connectivity index (χ4n) is 5.57. The summed E-state index contributed by atoms with van der Waals surface area (Å²) >= 11 is 0. The molecule has 3 heterocycles. The molecular weight excluding hydrogens is 424 g/mol. The van der Waals surface area contributed by atoms with Gasteiger partial charge in [0.15, 0.2) is 0 Å². The average molecular weight is 449 g/mol. The van der Waals surface area contributed by atoms with E-state index in [1.165, 1.54) is 11.1 Å². The van der Waals surface area contributed by atoms with Crippen molar-refractivity contribution < 1.29 is 9.53 Å². The zero-order valence-electron chi connectivity index (χ0n) is 18.6. The number of fused-ring (bicyclic) bond motifs is 4. The molecule has 34 heavy (non-hydrogen) atoms. The minimum Gasteiger partial charge on any atom is -0.492 e. The summed E-state index contributed by atoms with van der Waals surface area (Å²) < 4.78 is 5.78. The second-order valence-corrected chi connectivity index (χ2v) is 9.37. The molecule has 0 radical (unpaired) electrons. The maximum absolute atomic E-state index is 12.8. The lowest BCUT2D eigenvalue weighted by Gasteiger charge is -2.08. The highest BCUT2D eigenvalue weighted by atomic mass is 16.5. The van der Waals surface area contributed by atoms with Gasteiger partial charge in [0.1, 0.15) is 12.4 Å². The van der Waals surface area contributed by atoms with E-state index in [1.54, 1.807) is 0 Å². The Morgan fingerprint density at radius 2 is 2.00 bits per heavy atom. The number of amides is 1. The SMILES string of the molecule is O=C1Nc2ccccc2C12CC2c1ccc2c(/C=C/c3ccc4c(c3)CNCCO4)n[nH]c2c1. The van der Waals surface area contributed by atoms with Crippen LogP contribution in [0.2, 0.25) is 0 Å². The Morgan fingerprint density at radius 1 is 1.06 bits per heavy atom. The molecule has 4 aromatic rings. The van der Waals surface area contributed by atoms with Crippen LogP contribution < -0.4 is 15.4 Å². The van der Waals surface area contributed by atoms with Crippen LogP contribution in [0.25, 0.3) is 23.1 Å². The number of nitrogens with zero attached hydrogens (tertiary/aromatic N) is 1. The van der Waals surface area contributed by atoms with Crippen molar-refractivity contribution in [3.63, 3.8) is 0 Å². The van der Waals surface area contributed by atoms with E-state index in [2.05, 4.69) is 63.3 Å². The molecule has 1 spiro atoms. The van der Waals surface area contributed by atoms with E-state index in [9.17, 15) is 4.79 Å². The zero-order chi connectivity index (χ0) is 22.7. The first-order valence-corrected chi connectivity index (χ1v) is 11.8. The molecule has 0 saturated heterocycles. The van der Waals surface area contributed by atoms with Crippen LogP contribution in [-0.2, 0) is 16.8 Å². The number of hydrogen-bond donors (Lipinski definition) is 3. The van der Waals surface area contributed by atoms with Crippen molar-refractivity contribution in [3.05, 3.63) is 88.6 Å². The molecule has 168 valence electrons. The second-order valence-electron chi connectivity index (χ2n) is 9.37. The van der Waals surface area contributed by atoms with Gasteiger partial charge in [-0.3, -0.25) is 9.89 Å². The van der Waals surface area contributed by atoms with Crippen molar-refractivity contribution in [1.82, 2.24) is 15.5 Å². The first-order chi connectivity index (χ1) is 16.7. The first kappa shape index (κ1) is 19.6. The lowest BCUT2D eigenvalue weighted by Crippen LogP contribution is -2.20. The third-order valence-electron chi connectivity index (χ3n) is 7.41. The van der Waals surface area contributed by atoms with Gasteiger partial charge in [-0.2, -0.15) is 5.10 Å². The Morgan fingerprint density at radius 3 is 2.97 bits per heavy atom. The van der Waals surface area contributed by atoms with Gasteiger partial charge in [-0.25, -0.2) is 0 Å². The molecule has 7 rings (SSSR count). The first-order valence-electron chi connectivity index (χ1n) is 11.8. The van der Waals surface area contributed by atoms with E-state index in [1.807, 2.05) is 30.3 Å². The van der Waals surface area contributed by atoms with Gasteiger partial charge < -0.3 is 15.4 Å². The molecule has 6 nitrogen and oxygen atoms in total. The Labute approximate surface area is 197 Å². The van der Waals surface area contributed by atoms with Gasteiger partial charge >= 0.3 is 0 Å².